The van der Waals surface area contributed by atoms with Crippen LogP contribution in [0.5, 0.6) is 0 Å². The van der Waals surface area contributed by atoms with Crippen LogP contribution in [0.2, 0.25) is 0 Å². The fraction of sp³-hybridized carbons (Fsp3) is 0.477. The summed E-state index contributed by atoms with van der Waals surface area (Å²) < 4.78 is 51.9. The number of cyclic esters (lactones) is 1. The molecule has 3 aromatic carbocycles. The highest BCUT2D eigenvalue weighted by Gasteiger charge is 2.50. The van der Waals surface area contributed by atoms with Crippen molar-refractivity contribution in [3.63, 3.8) is 0 Å². The van der Waals surface area contributed by atoms with Gasteiger partial charge in [0.15, 0.2) is 0 Å². The molecule has 9 atom stereocenters. The number of anilines is 1. The van der Waals surface area contributed by atoms with Gasteiger partial charge >= 0.3 is 19.8 Å². The van der Waals surface area contributed by atoms with Crippen LogP contribution in [-0.2, 0) is 49.0 Å². The van der Waals surface area contributed by atoms with Crippen LogP contribution in [0.25, 0.3) is 10.8 Å². The normalized spacial score (nSPS) is 27.1. The van der Waals surface area contributed by atoms with Crippen LogP contribution in [0.4, 0.5) is 19.3 Å². The monoisotopic (exact) mass is 939 g/mol. The molecule has 4 aliphatic rings. The Morgan fingerprint density at radius 2 is 1.55 bits per heavy atom. The zero-order valence-electron chi connectivity index (χ0n) is 36.4. The van der Waals surface area contributed by atoms with E-state index >= 15 is 4.79 Å². The number of hydrogen-bond donors (Lipinski definition) is 6. The summed E-state index contributed by atoms with van der Waals surface area (Å²) in [5.41, 5.74) is 0.253. The van der Waals surface area contributed by atoms with Crippen LogP contribution in [-0.4, -0.2) is 134 Å². The quantitative estimate of drug-likeness (QED) is 0.141. The van der Waals surface area contributed by atoms with E-state index < -0.39 is 129 Å². The zero-order valence-corrected chi connectivity index (χ0v) is 37.2. The molecule has 4 aliphatic heterocycles. The number of esters is 1. The van der Waals surface area contributed by atoms with Gasteiger partial charge in [-0.3, -0.25) is 28.5 Å². The van der Waals surface area contributed by atoms with Gasteiger partial charge in [-0.1, -0.05) is 37.3 Å². The third kappa shape index (κ3) is 11.1. The summed E-state index contributed by atoms with van der Waals surface area (Å²) in [6.45, 7) is 4.09. The van der Waals surface area contributed by atoms with Gasteiger partial charge in [0.05, 0.1) is 6.10 Å². The number of amides is 7. The Morgan fingerprint density at radius 1 is 0.848 bits per heavy atom. The molecular formula is C44H52F2N7O12P. The molecule has 6 N–H and O–H groups in total. The molecule has 0 bridgehead atoms. The van der Waals surface area contributed by atoms with Gasteiger partial charge in [0.2, 0.25) is 29.5 Å². The van der Waals surface area contributed by atoms with Crippen LogP contribution >= 0.6 is 7.82 Å². The molecule has 0 radical (unpaired) electrons. The van der Waals surface area contributed by atoms with Gasteiger partial charge in [-0.2, -0.15) is 0 Å². The maximum Gasteiger partial charge on any atom is 0.469 e. The minimum absolute atomic E-state index is 0.0526. The van der Waals surface area contributed by atoms with Gasteiger partial charge < -0.3 is 50.5 Å². The number of urea groups is 1. The van der Waals surface area contributed by atoms with E-state index in [1.807, 2.05) is 18.2 Å². The smallest absolute Gasteiger partial charge is 0.458 e. The number of carbonyl (C=O) groups is 7. The molecule has 66 heavy (non-hydrogen) atoms. The first-order valence-corrected chi connectivity index (χ1v) is 23.3. The zero-order chi connectivity index (χ0) is 47.6. The molecule has 354 valence electrons. The average Bonchev–Trinajstić information content (AvgIpc) is 3.86. The third-order valence-electron chi connectivity index (χ3n) is 12.3. The van der Waals surface area contributed by atoms with E-state index in [4.69, 9.17) is 9.26 Å². The molecule has 0 unspecified atom stereocenters. The molecule has 4 fully saturated rings. The topological polar surface area (TPSA) is 253 Å². The van der Waals surface area contributed by atoms with E-state index in [9.17, 15) is 51.9 Å². The van der Waals surface area contributed by atoms with Crippen LogP contribution in [0.1, 0.15) is 58.4 Å². The first-order valence-electron chi connectivity index (χ1n) is 21.7. The van der Waals surface area contributed by atoms with Crippen LogP contribution in [0.3, 0.4) is 0 Å². The highest BCUT2D eigenvalue weighted by molar-refractivity contribution is 7.46. The Hall–Kier alpha value is -6.02. The first kappa shape index (κ1) is 47.9. The van der Waals surface area contributed by atoms with Crippen molar-refractivity contribution >= 4 is 65.8 Å². The Labute approximate surface area is 378 Å². The van der Waals surface area contributed by atoms with E-state index in [0.717, 1.165) is 27.8 Å². The van der Waals surface area contributed by atoms with Crippen molar-refractivity contribution in [1.29, 1.82) is 0 Å². The summed E-state index contributed by atoms with van der Waals surface area (Å²) in [5, 5.41) is 12.0. The predicted molar refractivity (Wildman–Crippen MR) is 231 cm³/mol. The third-order valence-corrected chi connectivity index (χ3v) is 12.9. The number of carbonyl (C=O) groups excluding carboxylic acids is 7. The lowest BCUT2D eigenvalue weighted by Crippen LogP contribution is -2.63. The van der Waals surface area contributed by atoms with E-state index in [-0.39, 0.29) is 37.4 Å². The molecule has 7 amide bonds. The second-order valence-corrected chi connectivity index (χ2v) is 18.6. The molecule has 0 saturated carbocycles. The lowest BCUT2D eigenvalue weighted by Gasteiger charge is -2.39. The number of halogens is 2. The van der Waals surface area contributed by atoms with Gasteiger partial charge in [0, 0.05) is 44.2 Å². The lowest BCUT2D eigenvalue weighted by atomic mass is 9.98. The number of nitrogens with zero attached hydrogens (tertiary/aromatic N) is 3. The van der Waals surface area contributed by atoms with E-state index in [0.29, 0.717) is 24.6 Å². The second-order valence-electron chi connectivity index (χ2n) is 17.4. The number of piperidine rings is 1. The maximum atomic E-state index is 15.0. The number of rotatable bonds is 8. The van der Waals surface area contributed by atoms with Crippen molar-refractivity contribution in [1.82, 2.24) is 30.7 Å². The maximum absolute atomic E-state index is 15.0. The Morgan fingerprint density at radius 3 is 2.26 bits per heavy atom. The lowest BCUT2D eigenvalue weighted by molar-refractivity contribution is -0.163. The molecule has 19 nitrogen and oxygen atoms in total. The van der Waals surface area contributed by atoms with Crippen molar-refractivity contribution in [3.05, 3.63) is 77.9 Å². The van der Waals surface area contributed by atoms with Gasteiger partial charge in [-0.15, -0.1) is 0 Å². The van der Waals surface area contributed by atoms with Crippen LogP contribution < -0.4 is 21.3 Å². The standard InChI is InChI=1S/C44H52F2N7O12P/c1-23-14-36-43(59)64-25(3)37(50-38(54)33(17-26-15-29(45)19-30(46)16-26)49-44(60)48-31-12-11-27-8-4-5-9-28(27)18-31)42(58)53-22-32(65-66(61,62)63)20-35(53)41(57)51-13-7-6-10-34(51)39(55)47-24(2)40(56)52(36)21-23/h4-5,8-9,11-12,15-16,18-19,23-25,32-37H,6-7,10,13-14,17,20-22H2,1-3H3,(H,47,55)(H,50,54)(H2,48,49,60)(H2,61,62,63)/t23-,24+,25+,32-,33+,34+,35+,36+,37+/m1/s1. The number of benzene rings is 3. The van der Waals surface area contributed by atoms with E-state index in [1.54, 1.807) is 31.2 Å². The number of nitrogens with one attached hydrogen (secondary N) is 4. The SMILES string of the molecule is C[C@@H]1C[C@H]2C(=O)O[C@@H](C)[C@H](NC(=O)[C@H](Cc3cc(F)cc(F)c3)NC(=O)Nc3ccc4ccccc4c3)C(=O)N3C[C@H](OP(=O)(O)O)C[C@H]3C(=O)N3CCCC[C@H]3C(=O)N[C@@H](C)C(=O)N2C1. The minimum atomic E-state index is -5.21. The molecule has 4 heterocycles. The molecule has 0 spiro atoms. The molecule has 22 heteroatoms. The largest absolute Gasteiger partial charge is 0.469 e. The highest BCUT2D eigenvalue weighted by atomic mass is 31.2. The van der Waals surface area contributed by atoms with Crippen molar-refractivity contribution in [3.8, 4) is 0 Å². The fourth-order valence-electron chi connectivity index (χ4n) is 9.25. The molecular weight excluding hydrogens is 887 g/mol. The van der Waals surface area contributed by atoms with Gasteiger partial charge in [-0.25, -0.2) is 22.9 Å². The average molecular weight is 940 g/mol. The van der Waals surface area contributed by atoms with Gasteiger partial charge in [0.1, 0.15) is 54.0 Å². The summed E-state index contributed by atoms with van der Waals surface area (Å²) in [7, 11) is -5.21. The number of hydrogen-bond acceptors (Lipinski definition) is 10. The van der Waals surface area contributed by atoms with Crippen molar-refractivity contribution in [2.45, 2.75) is 108 Å². The van der Waals surface area contributed by atoms with E-state index in [2.05, 4.69) is 21.3 Å². The summed E-state index contributed by atoms with van der Waals surface area (Å²) in [5.74, 6) is -7.37. The Kier molecular flexibility index (Phi) is 14.4. The summed E-state index contributed by atoms with van der Waals surface area (Å²) in [6.07, 6.45) is -2.69. The molecule has 3 aromatic rings. The Bertz CT molecular complexity index is 2440. The first-order chi connectivity index (χ1) is 31.2. The fourth-order valence-corrected chi connectivity index (χ4v) is 9.79. The molecule has 0 aromatic heterocycles. The second kappa shape index (κ2) is 19.8. The van der Waals surface area contributed by atoms with Crippen molar-refractivity contribution in [2.75, 3.05) is 25.0 Å². The minimum Gasteiger partial charge on any atom is -0.458 e. The van der Waals surface area contributed by atoms with Crippen LogP contribution in [0.15, 0.2) is 60.7 Å². The van der Waals surface area contributed by atoms with Gasteiger partial charge in [-0.05, 0) is 86.1 Å². The van der Waals surface area contributed by atoms with E-state index in [1.165, 1.54) is 23.6 Å². The number of phosphoric acid groups is 1. The molecule has 7 rings (SSSR count). The summed E-state index contributed by atoms with van der Waals surface area (Å²) >= 11 is 0. The summed E-state index contributed by atoms with van der Waals surface area (Å²) in [6, 6.07) is 5.39. The number of phosphoric ester groups is 1. The van der Waals surface area contributed by atoms with Crippen molar-refractivity contribution in [2.24, 2.45) is 5.92 Å². The molecule has 0 aliphatic carbocycles. The van der Waals surface area contributed by atoms with Gasteiger partial charge in [0.25, 0.3) is 0 Å². The number of fused-ring (bicyclic) bond motifs is 4. The number of ether oxygens (including phenoxy) is 1. The summed E-state index contributed by atoms with van der Waals surface area (Å²) in [4.78, 5) is 123. The predicted octanol–water partition coefficient (Wildman–Crippen LogP) is 2.48. The Balaban J connectivity index is 1.25. The van der Waals surface area contributed by atoms with Crippen molar-refractivity contribution < 1.29 is 66.0 Å². The molecule has 4 saturated heterocycles. The highest BCUT2D eigenvalue weighted by Crippen LogP contribution is 2.41. The van der Waals surface area contributed by atoms with Crippen LogP contribution in [0, 0.1) is 17.6 Å².